The average molecular weight is 408 g/mol. The molecule has 0 saturated carbocycles. The zero-order valence-corrected chi connectivity index (χ0v) is 17.0. The summed E-state index contributed by atoms with van der Waals surface area (Å²) in [4.78, 5) is 28.2. The molecule has 4 rings (SSSR count). The number of fused-ring (bicyclic) bond motifs is 3. The van der Waals surface area contributed by atoms with Gasteiger partial charge >= 0.3 is 5.97 Å². The number of carbonyl (C=O) groups is 2. The molecule has 3 aromatic rings. The quantitative estimate of drug-likeness (QED) is 0.605. The Morgan fingerprint density at radius 2 is 1.87 bits per heavy atom. The van der Waals surface area contributed by atoms with Crippen molar-refractivity contribution in [2.24, 2.45) is 0 Å². The molecular weight excluding hydrogens is 384 g/mol. The Hall–Kier alpha value is -3.48. The monoisotopic (exact) mass is 408 g/mol. The molecular formula is C23H24N2O5. The lowest BCUT2D eigenvalue weighted by atomic mass is 9.95. The summed E-state index contributed by atoms with van der Waals surface area (Å²) in [6.07, 6.45) is 4.39. The first-order chi connectivity index (χ1) is 14.6. The molecule has 30 heavy (non-hydrogen) atoms. The lowest BCUT2D eigenvalue weighted by Gasteiger charge is -2.12. The molecule has 0 bridgehead atoms. The summed E-state index contributed by atoms with van der Waals surface area (Å²) in [6.45, 7) is -0.392. The number of amides is 1. The van der Waals surface area contributed by atoms with Gasteiger partial charge in [-0.3, -0.25) is 4.79 Å². The standard InChI is InChI=1S/C23H24N2O5/c1-28-15-8-10-20(21(12-15)29-2)25-22(26)13-30-23(27)14-7-9-19-17(11-14)16-5-3-4-6-18(16)24-19/h7-12,24H,3-6,13H2,1-2H3,(H,25,26). The molecule has 1 heterocycles. The first kappa shape index (κ1) is 19.8. The van der Waals surface area contributed by atoms with Crippen LogP contribution in [0.15, 0.2) is 36.4 Å². The summed E-state index contributed by atoms with van der Waals surface area (Å²) < 4.78 is 15.6. The number of aromatic nitrogens is 1. The van der Waals surface area contributed by atoms with Crippen LogP contribution in [0.3, 0.4) is 0 Å². The SMILES string of the molecule is COc1ccc(NC(=O)COC(=O)c2ccc3[nH]c4c(c3c2)CCCC4)c(OC)c1. The molecule has 0 spiro atoms. The van der Waals surface area contributed by atoms with Crippen LogP contribution in [0.25, 0.3) is 10.9 Å². The molecule has 0 atom stereocenters. The van der Waals surface area contributed by atoms with Crippen LogP contribution < -0.4 is 14.8 Å². The number of rotatable bonds is 6. The molecule has 1 aliphatic rings. The van der Waals surface area contributed by atoms with Crippen molar-refractivity contribution >= 4 is 28.5 Å². The maximum absolute atomic E-state index is 12.5. The van der Waals surface area contributed by atoms with Crippen LogP contribution in [0.1, 0.15) is 34.5 Å². The van der Waals surface area contributed by atoms with Gasteiger partial charge in [0.15, 0.2) is 6.61 Å². The minimum absolute atomic E-state index is 0.392. The van der Waals surface area contributed by atoms with E-state index >= 15 is 0 Å². The van der Waals surface area contributed by atoms with Crippen molar-refractivity contribution in [3.05, 3.63) is 53.2 Å². The van der Waals surface area contributed by atoms with E-state index in [1.165, 1.54) is 24.8 Å². The normalized spacial score (nSPS) is 12.9. The van der Waals surface area contributed by atoms with Gasteiger partial charge in [0.1, 0.15) is 11.5 Å². The largest absolute Gasteiger partial charge is 0.497 e. The molecule has 0 fully saturated rings. The fourth-order valence-corrected chi connectivity index (χ4v) is 3.84. The molecule has 2 aromatic carbocycles. The van der Waals surface area contributed by atoms with Crippen LogP contribution in [0, 0.1) is 0 Å². The summed E-state index contributed by atoms with van der Waals surface area (Å²) in [6, 6.07) is 10.5. The number of ether oxygens (including phenoxy) is 3. The van der Waals surface area contributed by atoms with E-state index in [1.54, 1.807) is 31.4 Å². The van der Waals surface area contributed by atoms with Crippen LogP contribution >= 0.6 is 0 Å². The first-order valence-corrected chi connectivity index (χ1v) is 9.91. The van der Waals surface area contributed by atoms with Gasteiger partial charge in [-0.25, -0.2) is 4.79 Å². The van der Waals surface area contributed by atoms with E-state index in [-0.39, 0.29) is 0 Å². The fourth-order valence-electron chi connectivity index (χ4n) is 3.84. The number of H-pyrrole nitrogens is 1. The maximum Gasteiger partial charge on any atom is 0.338 e. The fraction of sp³-hybridized carbons (Fsp3) is 0.304. The first-order valence-electron chi connectivity index (χ1n) is 9.91. The molecule has 2 N–H and O–H groups in total. The average Bonchev–Trinajstić information content (AvgIpc) is 3.15. The molecule has 7 heteroatoms. The number of carbonyl (C=O) groups excluding carboxylic acids is 2. The Morgan fingerprint density at radius 3 is 2.67 bits per heavy atom. The van der Waals surface area contributed by atoms with Gasteiger partial charge in [-0.2, -0.15) is 0 Å². The van der Waals surface area contributed by atoms with Gasteiger partial charge in [0.2, 0.25) is 0 Å². The summed E-state index contributed by atoms with van der Waals surface area (Å²) in [5, 5.41) is 3.75. The molecule has 1 aromatic heterocycles. The van der Waals surface area contributed by atoms with E-state index in [2.05, 4.69) is 10.3 Å². The lowest BCUT2D eigenvalue weighted by molar-refractivity contribution is -0.119. The third-order valence-corrected chi connectivity index (χ3v) is 5.35. The van der Waals surface area contributed by atoms with E-state index in [0.29, 0.717) is 22.7 Å². The lowest BCUT2D eigenvalue weighted by Crippen LogP contribution is -2.21. The van der Waals surface area contributed by atoms with E-state index in [9.17, 15) is 9.59 Å². The molecule has 0 unspecified atom stereocenters. The van der Waals surface area contributed by atoms with E-state index < -0.39 is 18.5 Å². The second kappa shape index (κ2) is 8.49. The summed E-state index contributed by atoms with van der Waals surface area (Å²) in [7, 11) is 3.05. The highest BCUT2D eigenvalue weighted by Crippen LogP contribution is 2.30. The smallest absolute Gasteiger partial charge is 0.338 e. The van der Waals surface area contributed by atoms with E-state index in [4.69, 9.17) is 14.2 Å². The van der Waals surface area contributed by atoms with Crippen LogP contribution in [0.5, 0.6) is 11.5 Å². The van der Waals surface area contributed by atoms with Crippen molar-refractivity contribution in [1.29, 1.82) is 0 Å². The zero-order valence-electron chi connectivity index (χ0n) is 17.0. The minimum atomic E-state index is -0.528. The van der Waals surface area contributed by atoms with E-state index in [0.717, 1.165) is 30.2 Å². The van der Waals surface area contributed by atoms with Crippen molar-refractivity contribution in [3.8, 4) is 11.5 Å². The predicted molar refractivity (Wildman–Crippen MR) is 113 cm³/mol. The van der Waals surface area contributed by atoms with Gasteiger partial charge in [0.25, 0.3) is 5.91 Å². The third kappa shape index (κ3) is 3.96. The maximum atomic E-state index is 12.5. The van der Waals surface area contributed by atoms with Gasteiger partial charge < -0.3 is 24.5 Å². The highest BCUT2D eigenvalue weighted by atomic mass is 16.5. The Morgan fingerprint density at radius 1 is 1.03 bits per heavy atom. The van der Waals surface area contributed by atoms with Gasteiger partial charge in [-0.15, -0.1) is 0 Å². The molecule has 1 aliphatic carbocycles. The minimum Gasteiger partial charge on any atom is -0.497 e. The van der Waals surface area contributed by atoms with Crippen molar-refractivity contribution in [1.82, 2.24) is 4.98 Å². The van der Waals surface area contributed by atoms with Gasteiger partial charge in [-0.1, -0.05) is 0 Å². The number of hydrogen-bond donors (Lipinski definition) is 2. The zero-order chi connectivity index (χ0) is 21.1. The Balaban J connectivity index is 1.41. The second-order valence-corrected chi connectivity index (χ2v) is 7.24. The van der Waals surface area contributed by atoms with Gasteiger partial charge in [0, 0.05) is 22.7 Å². The van der Waals surface area contributed by atoms with Crippen molar-refractivity contribution in [2.75, 3.05) is 26.1 Å². The van der Waals surface area contributed by atoms with Gasteiger partial charge in [-0.05, 0) is 61.6 Å². The number of nitrogens with one attached hydrogen (secondary N) is 2. The van der Waals surface area contributed by atoms with Crippen molar-refractivity contribution in [2.45, 2.75) is 25.7 Å². The number of aryl methyl sites for hydroxylation is 2. The number of anilines is 1. The molecule has 0 aliphatic heterocycles. The number of aromatic amines is 1. The number of methoxy groups -OCH3 is 2. The second-order valence-electron chi connectivity index (χ2n) is 7.24. The van der Waals surface area contributed by atoms with Crippen LogP contribution in [-0.4, -0.2) is 37.7 Å². The topological polar surface area (TPSA) is 89.6 Å². The predicted octanol–water partition coefficient (Wildman–Crippen LogP) is 3.86. The Kier molecular flexibility index (Phi) is 5.61. The highest BCUT2D eigenvalue weighted by Gasteiger charge is 2.18. The molecule has 1 amide bonds. The van der Waals surface area contributed by atoms with Crippen LogP contribution in [0.2, 0.25) is 0 Å². The summed E-state index contributed by atoms with van der Waals surface area (Å²) >= 11 is 0. The Labute approximate surface area is 174 Å². The molecule has 0 saturated heterocycles. The third-order valence-electron chi connectivity index (χ3n) is 5.35. The Bertz CT molecular complexity index is 1100. The van der Waals surface area contributed by atoms with Gasteiger partial charge in [0.05, 0.1) is 25.5 Å². The number of esters is 1. The van der Waals surface area contributed by atoms with Crippen molar-refractivity contribution < 1.29 is 23.8 Å². The van der Waals surface area contributed by atoms with Crippen LogP contribution in [-0.2, 0) is 22.4 Å². The molecule has 7 nitrogen and oxygen atoms in total. The van der Waals surface area contributed by atoms with E-state index in [1.807, 2.05) is 12.1 Å². The molecule has 156 valence electrons. The highest BCUT2D eigenvalue weighted by molar-refractivity contribution is 5.99. The summed E-state index contributed by atoms with van der Waals surface area (Å²) in [5.74, 6) is 0.0850. The summed E-state index contributed by atoms with van der Waals surface area (Å²) in [5.41, 5.74) is 4.48. The number of hydrogen-bond acceptors (Lipinski definition) is 5. The number of benzene rings is 2. The van der Waals surface area contributed by atoms with Crippen LogP contribution in [0.4, 0.5) is 5.69 Å². The van der Waals surface area contributed by atoms with Crippen molar-refractivity contribution in [3.63, 3.8) is 0 Å². The molecule has 0 radical (unpaired) electrons.